The van der Waals surface area contributed by atoms with Crippen LogP contribution in [-0.2, 0) is 38.4 Å². The quantitative estimate of drug-likeness (QED) is 0.222. The van der Waals surface area contributed by atoms with Gasteiger partial charge in [0.15, 0.2) is 0 Å². The van der Waals surface area contributed by atoms with Gasteiger partial charge in [0.25, 0.3) is 11.8 Å². The topological polar surface area (TPSA) is 170 Å². The Labute approximate surface area is 250 Å². The molecular formula is C33H37N5O5. The van der Waals surface area contributed by atoms with Crippen LogP contribution in [0.3, 0.4) is 0 Å². The van der Waals surface area contributed by atoms with Gasteiger partial charge < -0.3 is 31.4 Å². The lowest BCUT2D eigenvalue weighted by Crippen LogP contribution is -2.15. The SMILES string of the molecule is C=CC1=C(C)/C(=C/c2[nH]c(Cc3[nH]c(/C=C4\NC(=O)C(C)=C4C=C)c(C)c3CCC(=O)O)c(CCC(N)=O)c2C)NC1=O. The number of carboxylic acids is 1. The van der Waals surface area contributed by atoms with Gasteiger partial charge in [0.2, 0.25) is 5.91 Å². The summed E-state index contributed by atoms with van der Waals surface area (Å²) in [5.74, 6) is -1.74. The Bertz CT molecular complexity index is 1710. The number of aliphatic carboxylic acids is 1. The molecule has 0 unspecified atom stereocenters. The summed E-state index contributed by atoms with van der Waals surface area (Å²) >= 11 is 0. The van der Waals surface area contributed by atoms with E-state index in [0.29, 0.717) is 47.4 Å². The number of nitrogens with two attached hydrogens (primary N) is 1. The van der Waals surface area contributed by atoms with Crippen molar-refractivity contribution in [3.63, 3.8) is 0 Å². The molecule has 0 radical (unpaired) electrons. The number of carbonyl (C=O) groups excluding carboxylic acids is 3. The van der Waals surface area contributed by atoms with E-state index in [1.165, 1.54) is 6.08 Å². The maximum absolute atomic E-state index is 12.3. The average molecular weight is 584 g/mol. The molecule has 7 N–H and O–H groups in total. The number of carbonyl (C=O) groups is 4. The summed E-state index contributed by atoms with van der Waals surface area (Å²) in [6.07, 6.45) is 8.08. The zero-order valence-corrected chi connectivity index (χ0v) is 24.9. The third-order valence-corrected chi connectivity index (χ3v) is 8.15. The number of aromatic amines is 2. The van der Waals surface area contributed by atoms with E-state index in [0.717, 1.165) is 50.6 Å². The van der Waals surface area contributed by atoms with E-state index in [4.69, 9.17) is 5.73 Å². The van der Waals surface area contributed by atoms with E-state index in [1.807, 2.05) is 32.9 Å². The lowest BCUT2D eigenvalue weighted by molar-refractivity contribution is -0.137. The predicted octanol–water partition coefficient (Wildman–Crippen LogP) is 3.93. The molecule has 2 aliphatic rings. The van der Waals surface area contributed by atoms with Crippen molar-refractivity contribution < 1.29 is 24.3 Å². The zero-order valence-electron chi connectivity index (χ0n) is 24.9. The first kappa shape index (κ1) is 30.8. The van der Waals surface area contributed by atoms with Crippen LogP contribution in [0.2, 0.25) is 0 Å². The Morgan fingerprint density at radius 2 is 1.28 bits per heavy atom. The highest BCUT2D eigenvalue weighted by molar-refractivity contribution is 6.03. The van der Waals surface area contributed by atoms with E-state index in [9.17, 15) is 24.3 Å². The molecule has 0 bridgehead atoms. The third-order valence-electron chi connectivity index (χ3n) is 8.15. The predicted molar refractivity (Wildman–Crippen MR) is 165 cm³/mol. The van der Waals surface area contributed by atoms with Crippen molar-refractivity contribution in [1.29, 1.82) is 0 Å². The van der Waals surface area contributed by atoms with Crippen molar-refractivity contribution in [2.75, 3.05) is 0 Å². The highest BCUT2D eigenvalue weighted by Gasteiger charge is 2.25. The number of hydrogen-bond donors (Lipinski definition) is 6. The smallest absolute Gasteiger partial charge is 0.303 e. The molecule has 0 aliphatic carbocycles. The van der Waals surface area contributed by atoms with Gasteiger partial charge in [0, 0.05) is 64.5 Å². The molecule has 3 amide bonds. The number of amides is 3. The Kier molecular flexibility index (Phi) is 8.89. The standard InChI is InChI=1S/C33H37N5O5/c1-7-20-19(6)32(42)38-27(20)14-25-18(5)23(10-12-31(40)41)29(36-25)15-28-22(9-11-30(34)39)17(4)24(35-28)13-26-16(3)21(8-2)33(43)37-26/h7-8,13-14,35-36H,1-2,9-12,15H2,3-6H3,(H2,34,39)(H,37,43)(H,38,42)(H,40,41)/b26-13-,27-14-. The van der Waals surface area contributed by atoms with Crippen LogP contribution in [0, 0.1) is 13.8 Å². The summed E-state index contributed by atoms with van der Waals surface area (Å²) < 4.78 is 0. The third kappa shape index (κ3) is 6.23. The van der Waals surface area contributed by atoms with Gasteiger partial charge in [0.1, 0.15) is 0 Å². The van der Waals surface area contributed by atoms with Crippen molar-refractivity contribution in [3.05, 3.63) is 104 Å². The Morgan fingerprint density at radius 3 is 1.77 bits per heavy atom. The van der Waals surface area contributed by atoms with Gasteiger partial charge in [0.05, 0.1) is 5.70 Å². The number of aromatic nitrogens is 2. The second kappa shape index (κ2) is 12.4. The van der Waals surface area contributed by atoms with Crippen LogP contribution < -0.4 is 16.4 Å². The largest absolute Gasteiger partial charge is 0.481 e. The van der Waals surface area contributed by atoms with Gasteiger partial charge in [-0.1, -0.05) is 25.3 Å². The van der Waals surface area contributed by atoms with Crippen molar-refractivity contribution >= 4 is 35.8 Å². The molecule has 0 saturated carbocycles. The summed E-state index contributed by atoms with van der Waals surface area (Å²) in [5, 5.41) is 15.2. The first-order chi connectivity index (χ1) is 20.4. The van der Waals surface area contributed by atoms with Gasteiger partial charge in [-0.2, -0.15) is 0 Å². The minimum Gasteiger partial charge on any atom is -0.481 e. The van der Waals surface area contributed by atoms with E-state index >= 15 is 0 Å². The molecule has 0 fully saturated rings. The van der Waals surface area contributed by atoms with Gasteiger partial charge in [-0.3, -0.25) is 19.2 Å². The number of carboxylic acid groups (broad SMARTS) is 1. The number of nitrogens with one attached hydrogen (secondary N) is 4. The van der Waals surface area contributed by atoms with Crippen molar-refractivity contribution in [1.82, 2.24) is 20.6 Å². The van der Waals surface area contributed by atoms with Gasteiger partial charge in [-0.05, 0) is 80.5 Å². The lowest BCUT2D eigenvalue weighted by atomic mass is 9.98. The highest BCUT2D eigenvalue weighted by Crippen LogP contribution is 2.31. The van der Waals surface area contributed by atoms with Crippen LogP contribution in [0.4, 0.5) is 0 Å². The van der Waals surface area contributed by atoms with Crippen LogP contribution >= 0.6 is 0 Å². The molecule has 4 rings (SSSR count). The second-order valence-corrected chi connectivity index (χ2v) is 10.8. The average Bonchev–Trinajstić information content (AvgIpc) is 3.59. The van der Waals surface area contributed by atoms with Crippen LogP contribution in [-0.4, -0.2) is 38.8 Å². The Balaban J connectivity index is 1.80. The fourth-order valence-electron chi connectivity index (χ4n) is 5.63. The van der Waals surface area contributed by atoms with Crippen LogP contribution in [0.5, 0.6) is 0 Å². The minimum absolute atomic E-state index is 0.0536. The second-order valence-electron chi connectivity index (χ2n) is 10.8. The van der Waals surface area contributed by atoms with Gasteiger partial charge in [-0.25, -0.2) is 0 Å². The van der Waals surface area contributed by atoms with Crippen molar-refractivity contribution in [3.8, 4) is 0 Å². The lowest BCUT2D eigenvalue weighted by Gasteiger charge is -2.07. The number of H-pyrrole nitrogens is 2. The molecule has 2 aromatic heterocycles. The van der Waals surface area contributed by atoms with Crippen molar-refractivity contribution in [2.24, 2.45) is 5.73 Å². The highest BCUT2D eigenvalue weighted by atomic mass is 16.4. The molecule has 2 aromatic rings. The fourth-order valence-corrected chi connectivity index (χ4v) is 5.63. The molecule has 0 saturated heterocycles. The van der Waals surface area contributed by atoms with Crippen LogP contribution in [0.1, 0.15) is 71.7 Å². The Morgan fingerprint density at radius 1 is 0.767 bits per heavy atom. The Hall–Kier alpha value is -5.12. The van der Waals surface area contributed by atoms with Crippen LogP contribution in [0.25, 0.3) is 12.2 Å². The first-order valence-corrected chi connectivity index (χ1v) is 14.0. The summed E-state index contributed by atoms with van der Waals surface area (Å²) in [4.78, 5) is 54.8. The monoisotopic (exact) mass is 583 g/mol. The normalized spacial score (nSPS) is 16.8. The van der Waals surface area contributed by atoms with Crippen molar-refractivity contribution in [2.45, 2.75) is 59.8 Å². The van der Waals surface area contributed by atoms with Crippen LogP contribution in [0.15, 0.2) is 59.0 Å². The molecule has 0 spiro atoms. The summed E-state index contributed by atoms with van der Waals surface area (Å²) in [5.41, 5.74) is 16.1. The van der Waals surface area contributed by atoms with E-state index in [1.54, 1.807) is 13.0 Å². The molecular weight excluding hydrogens is 546 g/mol. The number of allylic oxidation sites excluding steroid dienone is 2. The summed E-state index contributed by atoms with van der Waals surface area (Å²) in [6.45, 7) is 15.0. The molecule has 224 valence electrons. The molecule has 0 aromatic carbocycles. The van der Waals surface area contributed by atoms with Gasteiger partial charge >= 0.3 is 5.97 Å². The molecule has 10 nitrogen and oxygen atoms in total. The van der Waals surface area contributed by atoms with E-state index in [-0.39, 0.29) is 24.7 Å². The fraction of sp³-hybridized carbons (Fsp3) is 0.273. The molecule has 10 heteroatoms. The summed E-state index contributed by atoms with van der Waals surface area (Å²) in [6, 6.07) is 0. The minimum atomic E-state index is -0.908. The molecule has 43 heavy (non-hydrogen) atoms. The molecule has 0 atom stereocenters. The van der Waals surface area contributed by atoms with E-state index in [2.05, 4.69) is 33.8 Å². The van der Waals surface area contributed by atoms with E-state index < -0.39 is 11.9 Å². The molecule has 2 aliphatic heterocycles. The number of hydrogen-bond acceptors (Lipinski definition) is 4. The zero-order chi connectivity index (χ0) is 31.6. The summed E-state index contributed by atoms with van der Waals surface area (Å²) in [7, 11) is 0. The first-order valence-electron chi connectivity index (χ1n) is 14.0. The number of primary amides is 1. The van der Waals surface area contributed by atoms with Gasteiger partial charge in [-0.15, -0.1) is 0 Å². The number of rotatable bonds is 12. The maximum atomic E-state index is 12.3. The molecule has 4 heterocycles. The maximum Gasteiger partial charge on any atom is 0.303 e.